The Kier molecular flexibility index (Phi) is 4.56. The molecule has 4 rings (SSSR count). The van der Waals surface area contributed by atoms with E-state index in [1.165, 1.54) is 12.0 Å². The van der Waals surface area contributed by atoms with Crippen LogP contribution in [0.25, 0.3) is 0 Å². The van der Waals surface area contributed by atoms with Crippen molar-refractivity contribution >= 4 is 5.91 Å². The first-order valence-corrected chi connectivity index (χ1v) is 7.93. The summed E-state index contributed by atoms with van der Waals surface area (Å²) in [5.41, 5.74) is 1.34. The van der Waals surface area contributed by atoms with E-state index >= 15 is 0 Å². The van der Waals surface area contributed by atoms with Crippen molar-refractivity contribution in [2.45, 2.75) is 31.8 Å². The van der Waals surface area contributed by atoms with Crippen molar-refractivity contribution in [3.63, 3.8) is 0 Å². The Morgan fingerprint density at radius 3 is 2.71 bits per heavy atom. The number of aliphatic hydroxyl groups excluding tert-OH is 1. The van der Waals surface area contributed by atoms with Crippen molar-refractivity contribution in [3.8, 4) is 0 Å². The third-order valence-corrected chi connectivity index (χ3v) is 4.68. The molecule has 0 unspecified atom stereocenters. The zero-order chi connectivity index (χ0) is 14.7. The highest BCUT2D eigenvalue weighted by molar-refractivity contribution is 5.76. The summed E-state index contributed by atoms with van der Waals surface area (Å²) < 4.78 is 0. The molecule has 0 aromatic heterocycles. The highest BCUT2D eigenvalue weighted by atomic mass is 16.3. The lowest BCUT2D eigenvalue weighted by Gasteiger charge is -2.36. The molecular formula is C17H24N2O2. The number of fused-ring (bicyclic) bond motifs is 4. The van der Waals surface area contributed by atoms with Gasteiger partial charge in [0.2, 0.25) is 5.91 Å². The number of hydrogen-bond acceptors (Lipinski definition) is 3. The second-order valence-electron chi connectivity index (χ2n) is 6.30. The van der Waals surface area contributed by atoms with Crippen LogP contribution in [-0.2, 0) is 11.3 Å². The topological polar surface area (TPSA) is 43.8 Å². The van der Waals surface area contributed by atoms with E-state index in [0.717, 1.165) is 32.6 Å². The first-order valence-electron chi connectivity index (χ1n) is 7.93. The highest BCUT2D eigenvalue weighted by Gasteiger charge is 2.36. The van der Waals surface area contributed by atoms with Gasteiger partial charge in [0.05, 0.1) is 6.61 Å². The molecule has 0 radical (unpaired) electrons. The quantitative estimate of drug-likeness (QED) is 0.913. The number of piperidine rings is 1. The van der Waals surface area contributed by atoms with E-state index in [4.69, 9.17) is 5.11 Å². The molecule has 0 aliphatic carbocycles. The second-order valence-corrected chi connectivity index (χ2v) is 6.30. The lowest BCUT2D eigenvalue weighted by molar-refractivity contribution is -0.135. The fourth-order valence-corrected chi connectivity index (χ4v) is 3.69. The molecule has 114 valence electrons. The molecule has 2 atom stereocenters. The first kappa shape index (κ1) is 14.5. The minimum absolute atomic E-state index is 0.0412. The molecule has 3 saturated heterocycles. The van der Waals surface area contributed by atoms with Gasteiger partial charge in [-0.05, 0) is 24.3 Å². The van der Waals surface area contributed by atoms with Crippen molar-refractivity contribution in [1.29, 1.82) is 0 Å². The fraction of sp³-hybridized carbons (Fsp3) is 0.588. The van der Waals surface area contributed by atoms with Gasteiger partial charge in [0.1, 0.15) is 0 Å². The van der Waals surface area contributed by atoms with E-state index in [-0.39, 0.29) is 18.9 Å². The van der Waals surface area contributed by atoms with Crippen LogP contribution in [0.3, 0.4) is 0 Å². The van der Waals surface area contributed by atoms with Crippen molar-refractivity contribution in [3.05, 3.63) is 35.9 Å². The number of carbonyl (C=O) groups is 1. The largest absolute Gasteiger partial charge is 0.396 e. The molecule has 4 nitrogen and oxygen atoms in total. The molecule has 1 aromatic rings. The lowest BCUT2D eigenvalue weighted by Crippen LogP contribution is -2.47. The Morgan fingerprint density at radius 2 is 1.95 bits per heavy atom. The van der Waals surface area contributed by atoms with Crippen LogP contribution in [0, 0.1) is 5.92 Å². The van der Waals surface area contributed by atoms with E-state index in [2.05, 4.69) is 29.2 Å². The predicted molar refractivity (Wildman–Crippen MR) is 81.6 cm³/mol. The summed E-state index contributed by atoms with van der Waals surface area (Å²) in [5, 5.41) is 9.00. The van der Waals surface area contributed by atoms with Gasteiger partial charge in [-0.15, -0.1) is 0 Å². The highest BCUT2D eigenvalue weighted by Crippen LogP contribution is 2.29. The van der Waals surface area contributed by atoms with Crippen LogP contribution in [0.2, 0.25) is 0 Å². The molecule has 4 heteroatoms. The lowest BCUT2D eigenvalue weighted by atomic mass is 9.95. The van der Waals surface area contributed by atoms with Gasteiger partial charge in [0.25, 0.3) is 0 Å². The maximum absolute atomic E-state index is 12.2. The average Bonchev–Trinajstić information content (AvgIpc) is 2.79. The van der Waals surface area contributed by atoms with Crippen LogP contribution >= 0.6 is 0 Å². The number of nitrogens with zero attached hydrogens (tertiary/aromatic N) is 2. The van der Waals surface area contributed by atoms with Gasteiger partial charge in [-0.25, -0.2) is 0 Å². The third-order valence-electron chi connectivity index (χ3n) is 4.68. The number of amides is 1. The Bertz CT molecular complexity index is 477. The van der Waals surface area contributed by atoms with Crippen molar-refractivity contribution in [2.75, 3.05) is 26.2 Å². The van der Waals surface area contributed by atoms with Crippen molar-refractivity contribution < 1.29 is 9.90 Å². The summed E-state index contributed by atoms with van der Waals surface area (Å²) in [6.07, 6.45) is 2.59. The molecule has 1 N–H and O–H groups in total. The number of carbonyl (C=O) groups excluding carboxylic acids is 1. The van der Waals surface area contributed by atoms with Gasteiger partial charge in [0, 0.05) is 38.6 Å². The normalized spacial score (nSPS) is 25.9. The average molecular weight is 288 g/mol. The van der Waals surface area contributed by atoms with E-state index in [1.54, 1.807) is 0 Å². The summed E-state index contributed by atoms with van der Waals surface area (Å²) in [7, 11) is 0. The Morgan fingerprint density at radius 1 is 1.14 bits per heavy atom. The van der Waals surface area contributed by atoms with Crippen molar-refractivity contribution in [1.82, 2.24) is 9.80 Å². The summed E-state index contributed by atoms with van der Waals surface area (Å²) in [5.74, 6) is 0.698. The van der Waals surface area contributed by atoms with Crippen LogP contribution in [0.15, 0.2) is 30.3 Å². The van der Waals surface area contributed by atoms with Gasteiger partial charge in [-0.2, -0.15) is 0 Å². The van der Waals surface area contributed by atoms with Crippen LogP contribution in [0.4, 0.5) is 0 Å². The molecule has 1 aromatic carbocycles. The van der Waals surface area contributed by atoms with Gasteiger partial charge in [-0.1, -0.05) is 30.3 Å². The molecule has 0 saturated carbocycles. The smallest absolute Gasteiger partial charge is 0.225 e. The number of aliphatic hydroxyl groups is 1. The number of hydrogen-bond donors (Lipinski definition) is 1. The molecule has 3 aliphatic rings. The summed E-state index contributed by atoms with van der Waals surface area (Å²) in [4.78, 5) is 16.7. The van der Waals surface area contributed by atoms with Crippen LogP contribution in [-0.4, -0.2) is 53.1 Å². The Labute approximate surface area is 126 Å². The molecule has 3 fully saturated rings. The fourth-order valence-electron chi connectivity index (χ4n) is 3.69. The van der Waals surface area contributed by atoms with E-state index in [1.807, 2.05) is 11.0 Å². The van der Waals surface area contributed by atoms with Gasteiger partial charge in [-0.3, -0.25) is 9.69 Å². The van der Waals surface area contributed by atoms with Crippen molar-refractivity contribution in [2.24, 2.45) is 5.92 Å². The Balaban J connectivity index is 1.67. The maximum atomic E-state index is 12.2. The zero-order valence-electron chi connectivity index (χ0n) is 12.4. The van der Waals surface area contributed by atoms with E-state index in [0.29, 0.717) is 12.0 Å². The molecule has 2 bridgehead atoms. The predicted octanol–water partition coefficient (Wildman–Crippen LogP) is 1.49. The maximum Gasteiger partial charge on any atom is 0.225 e. The van der Waals surface area contributed by atoms with Crippen LogP contribution < -0.4 is 0 Å². The van der Waals surface area contributed by atoms with Gasteiger partial charge >= 0.3 is 0 Å². The third kappa shape index (κ3) is 3.44. The summed E-state index contributed by atoms with van der Waals surface area (Å²) in [6, 6.07) is 10.9. The number of benzene rings is 1. The second kappa shape index (κ2) is 6.58. The molecule has 1 amide bonds. The van der Waals surface area contributed by atoms with Crippen LogP contribution in [0.1, 0.15) is 24.8 Å². The monoisotopic (exact) mass is 288 g/mol. The van der Waals surface area contributed by atoms with Gasteiger partial charge < -0.3 is 10.0 Å². The molecule has 3 aliphatic heterocycles. The van der Waals surface area contributed by atoms with E-state index < -0.39 is 0 Å². The summed E-state index contributed by atoms with van der Waals surface area (Å²) >= 11 is 0. The van der Waals surface area contributed by atoms with E-state index in [9.17, 15) is 4.79 Å². The minimum atomic E-state index is -0.0412. The van der Waals surface area contributed by atoms with Crippen LogP contribution in [0.5, 0.6) is 0 Å². The molecule has 3 heterocycles. The molecule has 0 spiro atoms. The molecular weight excluding hydrogens is 264 g/mol. The Hall–Kier alpha value is -1.39. The summed E-state index contributed by atoms with van der Waals surface area (Å²) in [6.45, 7) is 3.84. The molecule has 21 heavy (non-hydrogen) atoms. The first-order chi connectivity index (χ1) is 10.3. The number of rotatable bonds is 4. The minimum Gasteiger partial charge on any atom is -0.396 e. The zero-order valence-corrected chi connectivity index (χ0v) is 12.4. The van der Waals surface area contributed by atoms with Gasteiger partial charge in [0.15, 0.2) is 0 Å². The SMILES string of the molecule is O=C(CCO)N1C[C@@H]2CC[C@H]1CN(Cc1ccccc1)C2. The standard InChI is InChI=1S/C17H24N2O2/c20-9-8-17(21)19-12-15-6-7-16(19)13-18(11-15)10-14-4-2-1-3-5-14/h1-5,15-16,20H,6-13H2/t15-,16+/m1/s1.